The fourth-order valence-corrected chi connectivity index (χ4v) is 1.48. The lowest BCUT2D eigenvalue weighted by molar-refractivity contribution is -0.118. The minimum atomic E-state index is -0.301. The maximum atomic E-state index is 11.5. The van der Waals surface area contributed by atoms with Crippen molar-refractivity contribution in [1.29, 1.82) is 0 Å². The lowest BCUT2D eigenvalue weighted by Gasteiger charge is -2.20. The zero-order valence-electron chi connectivity index (χ0n) is 10.1. The number of nitrogens with zero attached hydrogens (tertiary/aromatic N) is 1. The summed E-state index contributed by atoms with van der Waals surface area (Å²) in [4.78, 5) is 24.1. The molecule has 0 aromatic heterocycles. The molecule has 7 nitrogen and oxygen atoms in total. The number of benzene rings is 1. The van der Waals surface area contributed by atoms with Crippen LogP contribution in [0.5, 0.6) is 5.75 Å². The van der Waals surface area contributed by atoms with E-state index >= 15 is 0 Å². The van der Waals surface area contributed by atoms with Crippen molar-refractivity contribution in [3.63, 3.8) is 0 Å². The van der Waals surface area contributed by atoms with Gasteiger partial charge in [0.2, 0.25) is 0 Å². The van der Waals surface area contributed by atoms with Crippen LogP contribution in [0.2, 0.25) is 0 Å². The molecular weight excluding hydrogens is 236 g/mol. The van der Waals surface area contributed by atoms with Crippen molar-refractivity contribution >= 4 is 29.0 Å². The minimum absolute atomic E-state index is 0.0319. The van der Waals surface area contributed by atoms with E-state index in [2.05, 4.69) is 10.6 Å². The maximum absolute atomic E-state index is 11.5. The molecule has 0 atom stereocenters. The van der Waals surface area contributed by atoms with Gasteiger partial charge < -0.3 is 26.0 Å². The molecule has 0 unspecified atom stereocenters. The summed E-state index contributed by atoms with van der Waals surface area (Å²) in [7, 11) is 3.24. The van der Waals surface area contributed by atoms with E-state index in [1.54, 1.807) is 26.2 Å². The highest BCUT2D eigenvalue weighted by Crippen LogP contribution is 2.35. The van der Waals surface area contributed by atoms with Crippen LogP contribution in [-0.2, 0) is 4.79 Å². The molecule has 1 heterocycles. The van der Waals surface area contributed by atoms with E-state index in [9.17, 15) is 9.59 Å². The number of amides is 3. The molecule has 3 amide bonds. The van der Waals surface area contributed by atoms with E-state index in [-0.39, 0.29) is 18.5 Å². The summed E-state index contributed by atoms with van der Waals surface area (Å²) in [6, 6.07) is 2.84. The molecule has 1 aliphatic heterocycles. The van der Waals surface area contributed by atoms with Crippen molar-refractivity contribution in [2.75, 3.05) is 37.1 Å². The van der Waals surface area contributed by atoms with Crippen LogP contribution in [0.15, 0.2) is 12.1 Å². The molecule has 0 spiro atoms. The van der Waals surface area contributed by atoms with Crippen molar-refractivity contribution in [3.05, 3.63) is 12.1 Å². The first-order valence-electron chi connectivity index (χ1n) is 5.32. The van der Waals surface area contributed by atoms with Gasteiger partial charge in [-0.2, -0.15) is 0 Å². The second-order valence-electron chi connectivity index (χ2n) is 4.10. The van der Waals surface area contributed by atoms with E-state index < -0.39 is 0 Å². The minimum Gasteiger partial charge on any atom is -0.482 e. The number of rotatable bonds is 1. The zero-order chi connectivity index (χ0) is 13.3. The third-order valence-corrected chi connectivity index (χ3v) is 2.43. The van der Waals surface area contributed by atoms with Crippen LogP contribution >= 0.6 is 0 Å². The van der Waals surface area contributed by atoms with Crippen LogP contribution in [0, 0.1) is 0 Å². The Morgan fingerprint density at radius 2 is 2.22 bits per heavy atom. The smallest absolute Gasteiger partial charge is 0.321 e. The van der Waals surface area contributed by atoms with Crippen LogP contribution < -0.4 is 21.1 Å². The normalized spacial score (nSPS) is 13.1. The summed E-state index contributed by atoms with van der Waals surface area (Å²) in [5, 5.41) is 5.28. The Kier molecular flexibility index (Phi) is 2.97. The number of nitrogens with two attached hydrogens (primary N) is 1. The first kappa shape index (κ1) is 12.0. The van der Waals surface area contributed by atoms with Gasteiger partial charge in [-0.25, -0.2) is 4.79 Å². The molecule has 0 saturated heterocycles. The van der Waals surface area contributed by atoms with Crippen LogP contribution in [-0.4, -0.2) is 37.5 Å². The van der Waals surface area contributed by atoms with Gasteiger partial charge in [-0.1, -0.05) is 0 Å². The van der Waals surface area contributed by atoms with Gasteiger partial charge in [0.05, 0.1) is 17.1 Å². The number of anilines is 3. The first-order chi connectivity index (χ1) is 8.47. The summed E-state index contributed by atoms with van der Waals surface area (Å²) in [6.07, 6.45) is 0. The molecule has 0 bridgehead atoms. The third-order valence-electron chi connectivity index (χ3n) is 2.43. The van der Waals surface area contributed by atoms with Crippen molar-refractivity contribution in [2.45, 2.75) is 0 Å². The molecule has 0 aliphatic carbocycles. The van der Waals surface area contributed by atoms with Gasteiger partial charge >= 0.3 is 6.03 Å². The second-order valence-corrected chi connectivity index (χ2v) is 4.10. The van der Waals surface area contributed by atoms with Gasteiger partial charge in [0.15, 0.2) is 6.61 Å². The first-order valence-corrected chi connectivity index (χ1v) is 5.32. The maximum Gasteiger partial charge on any atom is 0.321 e. The molecule has 4 N–H and O–H groups in total. The molecule has 1 aliphatic rings. The number of ether oxygens (including phenoxy) is 1. The Hall–Kier alpha value is -2.44. The Labute approximate surface area is 104 Å². The topological polar surface area (TPSA) is 96.7 Å². The molecule has 1 aromatic rings. The molecule has 0 radical (unpaired) electrons. The van der Waals surface area contributed by atoms with E-state index in [1.165, 1.54) is 4.90 Å². The van der Waals surface area contributed by atoms with E-state index in [1.807, 2.05) is 0 Å². The summed E-state index contributed by atoms with van der Waals surface area (Å²) in [5.41, 5.74) is 7.10. The highest BCUT2D eigenvalue weighted by atomic mass is 16.5. The summed E-state index contributed by atoms with van der Waals surface area (Å²) >= 11 is 0. The summed E-state index contributed by atoms with van der Waals surface area (Å²) in [6.45, 7) is -0.0319. The van der Waals surface area contributed by atoms with Crippen LogP contribution in [0.25, 0.3) is 0 Å². The van der Waals surface area contributed by atoms with Gasteiger partial charge in [0.25, 0.3) is 5.91 Å². The average molecular weight is 250 g/mol. The number of nitrogens with one attached hydrogen (secondary N) is 2. The fourth-order valence-electron chi connectivity index (χ4n) is 1.48. The molecule has 0 saturated carbocycles. The van der Waals surface area contributed by atoms with Crippen molar-refractivity contribution in [1.82, 2.24) is 4.90 Å². The lowest BCUT2D eigenvalue weighted by Crippen LogP contribution is -2.28. The average Bonchev–Trinajstić information content (AvgIpc) is 2.30. The van der Waals surface area contributed by atoms with Gasteiger partial charge in [0, 0.05) is 20.2 Å². The number of carbonyl (C=O) groups is 2. The number of fused-ring (bicyclic) bond motifs is 1. The standard InChI is InChI=1S/C11H14N4O3/c1-15(2)11(17)14-7-4-8-9(3-6(7)12)18-5-10(16)13-8/h3-4H,5,12H2,1-2H3,(H,13,16)(H,14,17). The molecule has 7 heteroatoms. The Bertz CT molecular complexity index is 513. The predicted octanol–water partition coefficient (Wildman–Crippen LogP) is 0.693. The van der Waals surface area contributed by atoms with Gasteiger partial charge in [-0.15, -0.1) is 0 Å². The van der Waals surface area contributed by atoms with Crippen LogP contribution in [0.3, 0.4) is 0 Å². The number of nitrogen functional groups attached to an aromatic ring is 1. The molecule has 1 aromatic carbocycles. The highest BCUT2D eigenvalue weighted by Gasteiger charge is 2.18. The zero-order valence-corrected chi connectivity index (χ0v) is 10.1. The molecule has 18 heavy (non-hydrogen) atoms. The Balaban J connectivity index is 2.29. The van der Waals surface area contributed by atoms with E-state index in [0.29, 0.717) is 22.8 Å². The largest absolute Gasteiger partial charge is 0.482 e. The second kappa shape index (κ2) is 4.44. The molecule has 96 valence electrons. The van der Waals surface area contributed by atoms with Gasteiger partial charge in [-0.3, -0.25) is 4.79 Å². The number of hydrogen-bond acceptors (Lipinski definition) is 4. The number of hydrogen-bond donors (Lipinski definition) is 3. The third kappa shape index (κ3) is 2.29. The van der Waals surface area contributed by atoms with Crippen molar-refractivity contribution < 1.29 is 14.3 Å². The number of carbonyl (C=O) groups excluding carboxylic acids is 2. The molecular formula is C11H14N4O3. The van der Waals surface area contributed by atoms with Crippen molar-refractivity contribution in [3.8, 4) is 5.75 Å². The van der Waals surface area contributed by atoms with Gasteiger partial charge in [-0.05, 0) is 6.07 Å². The Morgan fingerprint density at radius 3 is 2.89 bits per heavy atom. The SMILES string of the molecule is CN(C)C(=O)Nc1cc2c(cc1N)OCC(=O)N2. The summed E-state index contributed by atoms with van der Waals surface area (Å²) < 4.78 is 5.21. The fraction of sp³-hybridized carbons (Fsp3) is 0.273. The van der Waals surface area contributed by atoms with Crippen molar-refractivity contribution in [2.24, 2.45) is 0 Å². The molecule has 2 rings (SSSR count). The predicted molar refractivity (Wildman–Crippen MR) is 67.7 cm³/mol. The summed E-state index contributed by atoms with van der Waals surface area (Å²) in [5.74, 6) is 0.257. The van der Waals surface area contributed by atoms with Crippen LogP contribution in [0.1, 0.15) is 0 Å². The van der Waals surface area contributed by atoms with Gasteiger partial charge in [0.1, 0.15) is 5.75 Å². The molecule has 0 fully saturated rings. The number of urea groups is 1. The lowest BCUT2D eigenvalue weighted by atomic mass is 10.2. The highest BCUT2D eigenvalue weighted by molar-refractivity contribution is 5.99. The van der Waals surface area contributed by atoms with Crippen LogP contribution in [0.4, 0.5) is 21.9 Å². The monoisotopic (exact) mass is 250 g/mol. The Morgan fingerprint density at radius 1 is 1.50 bits per heavy atom. The van der Waals surface area contributed by atoms with E-state index in [4.69, 9.17) is 10.5 Å². The van der Waals surface area contributed by atoms with E-state index in [0.717, 1.165) is 0 Å². The quantitative estimate of drug-likeness (QED) is 0.639.